The fourth-order valence-electron chi connectivity index (χ4n) is 4.99. The van der Waals surface area contributed by atoms with Gasteiger partial charge >= 0.3 is 0 Å². The second kappa shape index (κ2) is 10.9. The summed E-state index contributed by atoms with van der Waals surface area (Å²) in [6, 6.07) is 11.4. The van der Waals surface area contributed by atoms with Crippen molar-refractivity contribution in [3.8, 4) is 0 Å². The summed E-state index contributed by atoms with van der Waals surface area (Å²) < 4.78 is 21.8. The van der Waals surface area contributed by atoms with Gasteiger partial charge in [0.15, 0.2) is 0 Å². The fraction of sp³-hybridized carbons (Fsp3) is 0.444. The third kappa shape index (κ3) is 6.21. The third-order valence-electron chi connectivity index (χ3n) is 6.85. The molecule has 33 heavy (non-hydrogen) atoms. The molecule has 1 aliphatic rings. The Morgan fingerprint density at radius 1 is 1.18 bits per heavy atom. The van der Waals surface area contributed by atoms with Crippen LogP contribution in [0.1, 0.15) is 35.4 Å². The molecule has 4 rings (SSSR count). The third-order valence-corrected chi connectivity index (χ3v) is 6.85. The van der Waals surface area contributed by atoms with E-state index in [1.165, 1.54) is 5.56 Å². The number of likely N-dealkylation sites (N-methyl/N-ethyl adjacent to an activating group) is 1. The van der Waals surface area contributed by atoms with Crippen molar-refractivity contribution in [2.75, 3.05) is 26.7 Å². The van der Waals surface area contributed by atoms with Crippen LogP contribution in [0, 0.1) is 18.7 Å². The average Bonchev–Trinajstić information content (AvgIpc) is 3.43. The highest BCUT2D eigenvalue weighted by molar-refractivity contribution is 5.42. The van der Waals surface area contributed by atoms with Gasteiger partial charge in [-0.2, -0.15) is 5.10 Å². The Labute approximate surface area is 196 Å². The zero-order valence-electron chi connectivity index (χ0n) is 20.0. The van der Waals surface area contributed by atoms with E-state index >= 15 is 0 Å². The maximum atomic E-state index is 14.5. The maximum absolute atomic E-state index is 14.5. The van der Waals surface area contributed by atoms with Crippen molar-refractivity contribution in [1.29, 1.82) is 0 Å². The molecule has 5 nitrogen and oxygen atoms in total. The Balaban J connectivity index is 1.41. The Morgan fingerprint density at radius 2 is 1.97 bits per heavy atom. The summed E-state index contributed by atoms with van der Waals surface area (Å²) in [6.45, 7) is 5.92. The van der Waals surface area contributed by atoms with Crippen molar-refractivity contribution in [3.05, 3.63) is 83.3 Å². The minimum atomic E-state index is -0.103. The summed E-state index contributed by atoms with van der Waals surface area (Å²) in [6.07, 6.45) is 11.0. The van der Waals surface area contributed by atoms with Crippen LogP contribution in [0.5, 0.6) is 0 Å². The summed E-state index contributed by atoms with van der Waals surface area (Å²) in [5, 5.41) is 4.50. The molecular formula is C27H35FN4O. The number of benzene rings is 1. The van der Waals surface area contributed by atoms with Crippen molar-refractivity contribution >= 4 is 6.08 Å². The van der Waals surface area contributed by atoms with Gasteiger partial charge in [0.1, 0.15) is 11.6 Å². The van der Waals surface area contributed by atoms with Gasteiger partial charge in [-0.25, -0.2) is 4.39 Å². The number of likely N-dealkylation sites (tertiary alicyclic amines) is 1. The molecule has 3 aromatic rings. The van der Waals surface area contributed by atoms with Gasteiger partial charge in [0.05, 0.1) is 12.0 Å². The molecule has 0 unspecified atom stereocenters. The highest BCUT2D eigenvalue weighted by Gasteiger charge is 2.30. The molecule has 0 radical (unpaired) electrons. The van der Waals surface area contributed by atoms with Crippen LogP contribution in [0.15, 0.2) is 59.4 Å². The Morgan fingerprint density at radius 3 is 2.64 bits per heavy atom. The number of hydrogen-bond donors (Lipinski definition) is 0. The van der Waals surface area contributed by atoms with Gasteiger partial charge in [0, 0.05) is 37.9 Å². The van der Waals surface area contributed by atoms with E-state index in [9.17, 15) is 4.39 Å². The van der Waals surface area contributed by atoms with Gasteiger partial charge in [-0.1, -0.05) is 24.3 Å². The molecule has 0 amide bonds. The number of aromatic nitrogens is 2. The SMILES string of the molecule is Cc1nn(C)cc1CN(C)[C@@H](Cc1ccccc1F)C1CCN(C/C=C/c2ccco2)CC1. The zero-order valence-corrected chi connectivity index (χ0v) is 20.0. The van der Waals surface area contributed by atoms with E-state index in [1.54, 1.807) is 18.4 Å². The standard InChI is InChI=1S/C27H35FN4O/c1-21-24(20-31(3)29-21)19-30(2)27(18-23-8-4-5-11-26(23)28)22-12-15-32(16-13-22)14-6-9-25-10-7-17-33-25/h4-11,17,20,22,27H,12-16,18-19H2,1-3H3/b9-6+/t27-/m0/s1. The Bertz CT molecular complexity index is 1030. The molecule has 2 aromatic heterocycles. The number of halogens is 1. The van der Waals surface area contributed by atoms with Crippen LogP contribution in [-0.4, -0.2) is 52.3 Å². The van der Waals surface area contributed by atoms with Crippen LogP contribution in [0.2, 0.25) is 0 Å². The quantitative estimate of drug-likeness (QED) is 0.463. The van der Waals surface area contributed by atoms with Crippen LogP contribution in [0.3, 0.4) is 0 Å². The summed E-state index contributed by atoms with van der Waals surface area (Å²) in [7, 11) is 4.14. The summed E-state index contributed by atoms with van der Waals surface area (Å²) in [5.74, 6) is 1.31. The van der Waals surface area contributed by atoms with Crippen LogP contribution in [0.25, 0.3) is 6.08 Å². The minimum absolute atomic E-state index is 0.103. The normalized spacial score (nSPS) is 16.8. The van der Waals surface area contributed by atoms with E-state index in [4.69, 9.17) is 4.42 Å². The van der Waals surface area contributed by atoms with E-state index in [1.807, 2.05) is 42.1 Å². The summed E-state index contributed by atoms with van der Waals surface area (Å²) >= 11 is 0. The first-order valence-electron chi connectivity index (χ1n) is 11.8. The number of nitrogens with zero attached hydrogens (tertiary/aromatic N) is 4. The molecule has 0 aliphatic carbocycles. The molecule has 1 saturated heterocycles. The summed E-state index contributed by atoms with van der Waals surface area (Å²) in [5.41, 5.74) is 3.10. The van der Waals surface area contributed by atoms with Crippen molar-refractivity contribution in [2.45, 2.75) is 38.8 Å². The minimum Gasteiger partial charge on any atom is -0.465 e. The van der Waals surface area contributed by atoms with Crippen LogP contribution in [0.4, 0.5) is 4.39 Å². The number of furan rings is 1. The van der Waals surface area contributed by atoms with Crippen molar-refractivity contribution in [3.63, 3.8) is 0 Å². The zero-order chi connectivity index (χ0) is 23.2. The van der Waals surface area contributed by atoms with Crippen LogP contribution < -0.4 is 0 Å². The second-order valence-corrected chi connectivity index (χ2v) is 9.25. The van der Waals surface area contributed by atoms with Crippen LogP contribution in [-0.2, 0) is 20.0 Å². The lowest BCUT2D eigenvalue weighted by atomic mass is 9.84. The molecule has 1 atom stereocenters. The van der Waals surface area contributed by atoms with Crippen molar-refractivity contribution in [2.24, 2.45) is 13.0 Å². The monoisotopic (exact) mass is 450 g/mol. The Hall–Kier alpha value is -2.70. The molecule has 0 saturated carbocycles. The molecule has 0 spiro atoms. The topological polar surface area (TPSA) is 37.4 Å². The molecule has 0 N–H and O–H groups in total. The highest BCUT2D eigenvalue weighted by atomic mass is 19.1. The number of rotatable bonds is 9. The first-order chi connectivity index (χ1) is 16.0. The molecule has 1 fully saturated rings. The number of aryl methyl sites for hydroxylation is 2. The van der Waals surface area contributed by atoms with Gasteiger partial charge in [-0.05, 0) is 82.1 Å². The lowest BCUT2D eigenvalue weighted by Crippen LogP contribution is -2.45. The predicted molar refractivity (Wildman–Crippen MR) is 130 cm³/mol. The molecular weight excluding hydrogens is 415 g/mol. The molecule has 176 valence electrons. The first kappa shape index (κ1) is 23.5. The Kier molecular flexibility index (Phi) is 7.78. The molecule has 6 heteroatoms. The van der Waals surface area contributed by atoms with E-state index in [0.29, 0.717) is 5.92 Å². The molecule has 0 bridgehead atoms. The van der Waals surface area contributed by atoms with Gasteiger partial charge in [-0.15, -0.1) is 0 Å². The molecule has 1 aromatic carbocycles. The maximum Gasteiger partial charge on any atom is 0.126 e. The van der Waals surface area contributed by atoms with E-state index in [2.05, 4.69) is 41.1 Å². The van der Waals surface area contributed by atoms with Crippen LogP contribution >= 0.6 is 0 Å². The predicted octanol–water partition coefficient (Wildman–Crippen LogP) is 4.93. The lowest BCUT2D eigenvalue weighted by molar-refractivity contribution is 0.103. The largest absolute Gasteiger partial charge is 0.465 e. The fourth-order valence-corrected chi connectivity index (χ4v) is 4.99. The van der Waals surface area contributed by atoms with Crippen molar-refractivity contribution in [1.82, 2.24) is 19.6 Å². The van der Waals surface area contributed by atoms with Gasteiger partial charge in [0.25, 0.3) is 0 Å². The van der Waals surface area contributed by atoms with E-state index < -0.39 is 0 Å². The molecule has 1 aliphatic heterocycles. The first-order valence-corrected chi connectivity index (χ1v) is 11.8. The van der Waals surface area contributed by atoms with Gasteiger partial charge in [0.2, 0.25) is 0 Å². The second-order valence-electron chi connectivity index (χ2n) is 9.25. The van der Waals surface area contributed by atoms with Gasteiger partial charge in [-0.3, -0.25) is 14.5 Å². The van der Waals surface area contributed by atoms with E-state index in [-0.39, 0.29) is 11.9 Å². The molecule has 3 heterocycles. The summed E-state index contributed by atoms with van der Waals surface area (Å²) in [4.78, 5) is 4.90. The average molecular weight is 451 g/mol. The number of piperidine rings is 1. The lowest BCUT2D eigenvalue weighted by Gasteiger charge is -2.40. The highest BCUT2D eigenvalue weighted by Crippen LogP contribution is 2.28. The van der Waals surface area contributed by atoms with E-state index in [0.717, 1.165) is 62.5 Å². The van der Waals surface area contributed by atoms with Crippen molar-refractivity contribution < 1.29 is 8.81 Å². The van der Waals surface area contributed by atoms with Gasteiger partial charge < -0.3 is 4.42 Å². The number of hydrogen-bond acceptors (Lipinski definition) is 4. The smallest absolute Gasteiger partial charge is 0.126 e.